The zero-order chi connectivity index (χ0) is 56.2. The molecule has 0 unspecified atom stereocenters. The summed E-state index contributed by atoms with van der Waals surface area (Å²) in [7, 11) is 9.21. The molecule has 0 aliphatic carbocycles. The molecule has 7 nitrogen and oxygen atoms in total. The first-order valence-electron chi connectivity index (χ1n) is 33.6. The van der Waals surface area contributed by atoms with Crippen molar-refractivity contribution in [1.82, 2.24) is 0 Å². The van der Waals surface area contributed by atoms with Crippen LogP contribution < -0.4 is 14.7 Å². The second-order valence-corrected chi connectivity index (χ2v) is 26.3. The molecule has 0 spiro atoms. The fraction of sp³-hybridized carbons (Fsp3) is 1.00. The first kappa shape index (κ1) is 80.5. The number of hydrogen-bond donors (Lipinski definition) is 0. The summed E-state index contributed by atoms with van der Waals surface area (Å²) in [5, 5.41) is 0. The van der Waals surface area contributed by atoms with Crippen molar-refractivity contribution in [2.45, 2.75) is 350 Å². The summed E-state index contributed by atoms with van der Waals surface area (Å²) in [4.78, 5) is 25.6. The van der Waals surface area contributed by atoms with Crippen molar-refractivity contribution in [3.63, 3.8) is 0 Å². The van der Waals surface area contributed by atoms with Gasteiger partial charge in [0.2, 0.25) is 0 Å². The molecule has 0 aliphatic heterocycles. The molecule has 0 rings (SSSR count). The van der Waals surface area contributed by atoms with E-state index in [1.165, 1.54) is 361 Å². The minimum Gasteiger partial charge on any atom is -0.822 e. The zero-order valence-electron chi connectivity index (χ0n) is 53.6. The summed E-state index contributed by atoms with van der Waals surface area (Å²) < 4.78 is 12.3. The van der Waals surface area contributed by atoms with Gasteiger partial charge in [0.1, 0.15) is 0 Å². The molecule has 0 radical (unpaired) electrons. The first-order chi connectivity index (χ1) is 35.4. The lowest BCUT2D eigenvalue weighted by Crippen LogP contribution is -2.41. The van der Waals surface area contributed by atoms with Gasteiger partial charge in [-0.05, 0) is 77.0 Å². The highest BCUT2D eigenvalue weighted by molar-refractivity contribution is 7.40. The molecule has 0 atom stereocenters. The lowest BCUT2D eigenvalue weighted by molar-refractivity contribution is -0.890. The predicted octanol–water partition coefficient (Wildman–Crippen LogP) is 19.2. The van der Waals surface area contributed by atoms with Crippen LogP contribution in [-0.2, 0) is 4.57 Å². The van der Waals surface area contributed by atoms with Crippen LogP contribution in [0.2, 0.25) is 0 Å². The van der Waals surface area contributed by atoms with Gasteiger partial charge in [0, 0.05) is 0 Å². The summed E-state index contributed by atoms with van der Waals surface area (Å²) in [6.45, 7) is 22.1. The molecule has 0 aromatic heterocycles. The monoisotopic (exact) mass is 1070 g/mol. The Morgan fingerprint density at radius 2 is 0.284 bits per heavy atom. The van der Waals surface area contributed by atoms with Gasteiger partial charge < -0.3 is 32.7 Å². The summed E-state index contributed by atoms with van der Waals surface area (Å²) in [6, 6.07) is 0. The number of quaternary nitrogens is 3. The van der Waals surface area contributed by atoms with E-state index in [4.69, 9.17) is 19.2 Å². The van der Waals surface area contributed by atoms with Crippen LogP contribution in [0.4, 0.5) is 0 Å². The Morgan fingerprint density at radius 1 is 0.203 bits per heavy atom. The predicted molar refractivity (Wildman–Crippen MR) is 329 cm³/mol. The van der Waals surface area contributed by atoms with Crippen molar-refractivity contribution in [3.05, 3.63) is 0 Å². The highest BCUT2D eigenvalue weighted by Gasteiger charge is 2.16. The lowest BCUT2D eigenvalue weighted by atomic mass is 10.1. The standard InChI is InChI=1S/3C22H48N.H3O4P/c3*1-5-7-9-11-13-14-16-18-20-22-23(3,4)21-19-17-15-12-10-8-6-2;1-5(2,3)4/h3*5-22H2,1-4H3;(H3,1,2,3,4)/q3*+1;/p-3. The van der Waals surface area contributed by atoms with Crippen LogP contribution >= 0.6 is 7.82 Å². The normalized spacial score (nSPS) is 12.0. The quantitative estimate of drug-likeness (QED) is 0.0345. The van der Waals surface area contributed by atoms with Crippen LogP contribution in [0.1, 0.15) is 350 Å². The molecule has 74 heavy (non-hydrogen) atoms. The molecule has 0 aliphatic rings. The summed E-state index contributed by atoms with van der Waals surface area (Å²) >= 11 is 0. The van der Waals surface area contributed by atoms with Crippen LogP contribution in [0, 0.1) is 0 Å². The van der Waals surface area contributed by atoms with Crippen LogP contribution in [-0.4, -0.2) is 95.0 Å². The molecule has 8 heteroatoms. The largest absolute Gasteiger partial charge is 0.822 e. The third-order valence-electron chi connectivity index (χ3n) is 15.7. The van der Waals surface area contributed by atoms with E-state index in [0.29, 0.717) is 0 Å². The van der Waals surface area contributed by atoms with E-state index in [2.05, 4.69) is 83.8 Å². The minimum absolute atomic E-state index is 1.24. The van der Waals surface area contributed by atoms with Crippen LogP contribution in [0.15, 0.2) is 0 Å². The Bertz CT molecular complexity index is 944. The van der Waals surface area contributed by atoms with Crippen LogP contribution in [0.5, 0.6) is 0 Å². The van der Waals surface area contributed by atoms with E-state index in [1.807, 2.05) is 0 Å². The molecule has 452 valence electrons. The minimum atomic E-state index is -5.39. The van der Waals surface area contributed by atoms with Crippen molar-refractivity contribution in [3.8, 4) is 0 Å². The molecule has 0 heterocycles. The van der Waals surface area contributed by atoms with Crippen molar-refractivity contribution in [2.24, 2.45) is 0 Å². The van der Waals surface area contributed by atoms with Crippen molar-refractivity contribution in [1.29, 1.82) is 0 Å². The van der Waals surface area contributed by atoms with Gasteiger partial charge in [-0.15, -0.1) is 0 Å². The van der Waals surface area contributed by atoms with Gasteiger partial charge in [0.15, 0.2) is 0 Å². The Balaban J connectivity index is -0.000000473. The third kappa shape index (κ3) is 83.3. The fourth-order valence-electron chi connectivity index (χ4n) is 10.4. The molecule has 0 fully saturated rings. The Morgan fingerprint density at radius 3 is 0.378 bits per heavy atom. The number of unbranched alkanes of at least 4 members (excludes halogenated alkanes) is 42. The average molecular weight is 1070 g/mol. The van der Waals surface area contributed by atoms with E-state index in [0.717, 1.165) is 0 Å². The number of nitrogens with zero attached hydrogens (tertiary/aromatic N) is 3. The zero-order valence-corrected chi connectivity index (χ0v) is 54.5. The Labute approximate surface area is 469 Å². The highest BCUT2D eigenvalue weighted by Crippen LogP contribution is 2.17. The van der Waals surface area contributed by atoms with Gasteiger partial charge >= 0.3 is 0 Å². The summed E-state index contributed by atoms with van der Waals surface area (Å²) in [5.74, 6) is 0. The topological polar surface area (TPSA) is 86.2 Å². The van der Waals surface area contributed by atoms with Crippen molar-refractivity contribution in [2.75, 3.05) is 81.6 Å². The van der Waals surface area contributed by atoms with Crippen LogP contribution in [0.25, 0.3) is 0 Å². The molecule has 0 bridgehead atoms. The number of rotatable bonds is 54. The van der Waals surface area contributed by atoms with Gasteiger partial charge in [-0.1, -0.05) is 273 Å². The molecule has 0 aromatic rings. The van der Waals surface area contributed by atoms with E-state index >= 15 is 0 Å². The van der Waals surface area contributed by atoms with Crippen molar-refractivity contribution >= 4 is 7.82 Å². The van der Waals surface area contributed by atoms with E-state index < -0.39 is 7.82 Å². The average Bonchev–Trinajstić information content (AvgIpc) is 3.34. The molecular formula is C66H144N3O4P. The van der Waals surface area contributed by atoms with Gasteiger partial charge in [0.05, 0.1) is 81.6 Å². The SMILES string of the molecule is CCCCCCCCCCC[N+](C)(C)CCCCCCCCC.CCCCCCCCCCC[N+](C)(C)CCCCCCCCC.CCCCCCCCCCC[N+](C)(C)CCCCCCCCC.O=P([O-])([O-])[O-]. The first-order valence-corrected chi connectivity index (χ1v) is 35.0. The van der Waals surface area contributed by atoms with Gasteiger partial charge in [0.25, 0.3) is 0 Å². The smallest absolute Gasteiger partial charge is 0.0782 e. The summed E-state index contributed by atoms with van der Waals surface area (Å²) in [6.07, 6.45) is 69.1. The highest BCUT2D eigenvalue weighted by atomic mass is 31.2. The maximum Gasteiger partial charge on any atom is 0.0782 e. The second-order valence-electron chi connectivity index (χ2n) is 25.4. The van der Waals surface area contributed by atoms with E-state index in [9.17, 15) is 0 Å². The Hall–Kier alpha value is -0.0100. The molecular weight excluding hydrogens is 930 g/mol. The molecule has 0 saturated heterocycles. The van der Waals surface area contributed by atoms with Gasteiger partial charge in [-0.25, -0.2) is 0 Å². The molecule has 0 amide bonds. The third-order valence-corrected chi connectivity index (χ3v) is 15.7. The fourth-order valence-corrected chi connectivity index (χ4v) is 10.4. The number of hydrogen-bond acceptors (Lipinski definition) is 4. The Kier molecular flexibility index (Phi) is 67.6. The summed E-state index contributed by atoms with van der Waals surface area (Å²) in [5.41, 5.74) is 0. The molecule has 0 saturated carbocycles. The lowest BCUT2D eigenvalue weighted by Gasteiger charge is -2.36. The van der Waals surface area contributed by atoms with E-state index in [1.54, 1.807) is 0 Å². The maximum absolute atomic E-state index is 8.55. The second kappa shape index (κ2) is 62.2. The van der Waals surface area contributed by atoms with Crippen molar-refractivity contribution < 1.29 is 32.7 Å². The van der Waals surface area contributed by atoms with E-state index in [-0.39, 0.29) is 0 Å². The van der Waals surface area contributed by atoms with Crippen LogP contribution in [0.3, 0.4) is 0 Å². The van der Waals surface area contributed by atoms with Gasteiger partial charge in [-0.2, -0.15) is 7.82 Å². The van der Waals surface area contributed by atoms with Gasteiger partial charge in [-0.3, -0.25) is 0 Å². The molecule has 0 N–H and O–H groups in total. The number of phosphoric acid groups is 1. The maximum atomic E-state index is 8.55. The molecule has 0 aromatic carbocycles.